The number of rotatable bonds is 6. The van der Waals surface area contributed by atoms with Crippen LogP contribution in [0.25, 0.3) is 0 Å². The highest BCUT2D eigenvalue weighted by Crippen LogP contribution is 2.33. The molecule has 9 nitrogen and oxygen atoms in total. The summed E-state index contributed by atoms with van der Waals surface area (Å²) in [6.45, 7) is 1.48. The van der Waals surface area contributed by atoms with Gasteiger partial charge in [-0.1, -0.05) is 12.1 Å². The van der Waals surface area contributed by atoms with Crippen LogP contribution in [-0.2, 0) is 24.3 Å². The quantitative estimate of drug-likeness (QED) is 0.547. The molecule has 0 aliphatic carbocycles. The monoisotopic (exact) mass is 420 g/mol. The van der Waals surface area contributed by atoms with Crippen LogP contribution >= 0.6 is 0 Å². The van der Waals surface area contributed by atoms with E-state index < -0.39 is 22.1 Å². The van der Waals surface area contributed by atoms with Crippen LogP contribution in [-0.4, -0.2) is 46.2 Å². The largest absolute Gasteiger partial charge is 0.490 e. The van der Waals surface area contributed by atoms with Crippen molar-refractivity contribution >= 4 is 27.6 Å². The number of carbonyl (C=O) groups is 2. The van der Waals surface area contributed by atoms with E-state index in [0.717, 1.165) is 0 Å². The van der Waals surface area contributed by atoms with Crippen LogP contribution in [0.1, 0.15) is 6.92 Å². The molecule has 154 valence electrons. The fourth-order valence-electron chi connectivity index (χ4n) is 2.78. The maximum atomic E-state index is 12.3. The van der Waals surface area contributed by atoms with Crippen molar-refractivity contribution in [3.05, 3.63) is 48.5 Å². The van der Waals surface area contributed by atoms with E-state index in [1.807, 2.05) is 0 Å². The summed E-state index contributed by atoms with van der Waals surface area (Å²) in [4.78, 5) is 25.6. The normalized spacial score (nSPS) is 15.8. The fraction of sp³-hybridized carbons (Fsp3) is 0.263. The van der Waals surface area contributed by atoms with Crippen LogP contribution in [0.2, 0.25) is 0 Å². The number of benzene rings is 2. The number of fused-ring (bicyclic) bond motifs is 1. The molecular weight excluding hydrogens is 400 g/mol. The number of ether oxygens (including phenoxy) is 3. The summed E-state index contributed by atoms with van der Waals surface area (Å²) in [5.74, 6) is 0.0184. The lowest BCUT2D eigenvalue weighted by atomic mass is 10.2. The van der Waals surface area contributed by atoms with Crippen LogP contribution in [0.5, 0.6) is 11.5 Å². The average molecular weight is 420 g/mol. The van der Waals surface area contributed by atoms with Gasteiger partial charge in [0.1, 0.15) is 24.7 Å². The number of carbonyl (C=O) groups excluding carboxylic acids is 2. The predicted octanol–water partition coefficient (Wildman–Crippen LogP) is 1.07. The van der Waals surface area contributed by atoms with E-state index in [-0.39, 0.29) is 30.6 Å². The lowest BCUT2D eigenvalue weighted by Crippen LogP contribution is -2.47. The Balaban J connectivity index is 1.52. The van der Waals surface area contributed by atoms with E-state index in [1.54, 1.807) is 24.3 Å². The second kappa shape index (κ2) is 8.50. The van der Waals surface area contributed by atoms with Gasteiger partial charge in [0.2, 0.25) is 22.0 Å². The molecule has 1 amide bonds. The maximum Gasteiger partial charge on any atom is 0.349 e. The summed E-state index contributed by atoms with van der Waals surface area (Å²) >= 11 is 0. The summed E-state index contributed by atoms with van der Waals surface area (Å²) < 4.78 is 38.7. The number of nitrogens with zero attached hydrogens (tertiary/aromatic N) is 1. The molecule has 29 heavy (non-hydrogen) atoms. The van der Waals surface area contributed by atoms with E-state index in [4.69, 9.17) is 19.3 Å². The Morgan fingerprint density at radius 1 is 1.14 bits per heavy atom. The number of nitrogens with two attached hydrogens (primary N) is 1. The Bertz CT molecular complexity index is 1010. The van der Waals surface area contributed by atoms with Crippen molar-refractivity contribution in [2.75, 3.05) is 24.7 Å². The Labute approximate surface area is 168 Å². The third-order valence-electron chi connectivity index (χ3n) is 4.17. The van der Waals surface area contributed by atoms with Crippen LogP contribution in [0.4, 0.5) is 5.69 Å². The number of anilines is 1. The number of sulfonamides is 1. The van der Waals surface area contributed by atoms with Gasteiger partial charge < -0.3 is 19.1 Å². The molecule has 0 fully saturated rings. The summed E-state index contributed by atoms with van der Waals surface area (Å²) in [6, 6.07) is 12.5. The van der Waals surface area contributed by atoms with Gasteiger partial charge in [-0.3, -0.25) is 4.79 Å². The lowest BCUT2D eigenvalue weighted by molar-refractivity contribution is -0.152. The zero-order chi connectivity index (χ0) is 21.0. The van der Waals surface area contributed by atoms with Gasteiger partial charge in [-0.2, -0.15) is 0 Å². The molecule has 1 aliphatic heterocycles. The van der Waals surface area contributed by atoms with Gasteiger partial charge in [-0.25, -0.2) is 18.4 Å². The van der Waals surface area contributed by atoms with Gasteiger partial charge in [0, 0.05) is 6.92 Å². The minimum absolute atomic E-state index is 0.0268. The second-order valence-electron chi connectivity index (χ2n) is 6.24. The SMILES string of the molecule is CC(=O)N1CC(C(=O)OCCOc2ccc(S(N)(=O)=O)cc2)Oc2ccccc21. The van der Waals surface area contributed by atoms with Gasteiger partial charge in [0.25, 0.3) is 0 Å². The molecule has 1 atom stereocenters. The number of hydrogen-bond acceptors (Lipinski definition) is 7. The first-order chi connectivity index (χ1) is 13.8. The first-order valence-electron chi connectivity index (χ1n) is 8.72. The van der Waals surface area contributed by atoms with Crippen LogP contribution in [0.3, 0.4) is 0 Å². The molecule has 0 aromatic heterocycles. The molecule has 0 bridgehead atoms. The van der Waals surface area contributed by atoms with Gasteiger partial charge in [0.05, 0.1) is 17.1 Å². The molecule has 2 N–H and O–H groups in total. The minimum Gasteiger partial charge on any atom is -0.490 e. The molecule has 1 aliphatic rings. The van der Waals surface area contributed by atoms with Crippen LogP contribution < -0.4 is 19.5 Å². The summed E-state index contributed by atoms with van der Waals surface area (Å²) in [7, 11) is -3.77. The first kappa shape index (κ1) is 20.6. The fourth-order valence-corrected chi connectivity index (χ4v) is 3.29. The highest BCUT2D eigenvalue weighted by molar-refractivity contribution is 7.89. The molecule has 1 heterocycles. The molecule has 0 radical (unpaired) electrons. The Morgan fingerprint density at radius 2 is 1.83 bits per heavy atom. The number of amides is 1. The molecule has 10 heteroatoms. The summed E-state index contributed by atoms with van der Waals surface area (Å²) in [5.41, 5.74) is 0.607. The number of primary sulfonamides is 1. The molecule has 0 saturated carbocycles. The van der Waals surface area contributed by atoms with Gasteiger partial charge in [-0.05, 0) is 36.4 Å². The smallest absolute Gasteiger partial charge is 0.349 e. The zero-order valence-corrected chi connectivity index (χ0v) is 16.4. The van der Waals surface area contributed by atoms with Crippen LogP contribution in [0.15, 0.2) is 53.4 Å². The standard InChI is InChI=1S/C19H20N2O7S/c1-13(22)21-12-18(28-17-5-3-2-4-16(17)21)19(23)27-11-10-26-14-6-8-15(9-7-14)29(20,24)25/h2-9,18H,10-12H2,1H3,(H2,20,24,25). The van der Waals surface area contributed by atoms with Gasteiger partial charge >= 0.3 is 5.97 Å². The number of esters is 1. The Kier molecular flexibility index (Phi) is 6.04. The van der Waals surface area contributed by atoms with Crippen molar-refractivity contribution < 1.29 is 32.2 Å². The zero-order valence-electron chi connectivity index (χ0n) is 15.6. The summed E-state index contributed by atoms with van der Waals surface area (Å²) in [5, 5.41) is 5.03. The lowest BCUT2D eigenvalue weighted by Gasteiger charge is -2.33. The van der Waals surface area contributed by atoms with E-state index in [0.29, 0.717) is 17.2 Å². The molecule has 0 spiro atoms. The molecule has 3 rings (SSSR count). The molecule has 0 saturated heterocycles. The number of hydrogen-bond donors (Lipinski definition) is 1. The van der Waals surface area contributed by atoms with E-state index in [9.17, 15) is 18.0 Å². The van der Waals surface area contributed by atoms with E-state index in [2.05, 4.69) is 0 Å². The Morgan fingerprint density at radius 3 is 2.48 bits per heavy atom. The average Bonchev–Trinajstić information content (AvgIpc) is 2.69. The van der Waals surface area contributed by atoms with Gasteiger partial charge in [0.15, 0.2) is 0 Å². The topological polar surface area (TPSA) is 125 Å². The minimum atomic E-state index is -3.77. The van der Waals surface area contributed by atoms with Crippen molar-refractivity contribution in [2.24, 2.45) is 5.14 Å². The highest BCUT2D eigenvalue weighted by Gasteiger charge is 2.33. The molecule has 2 aromatic carbocycles. The summed E-state index contributed by atoms with van der Waals surface area (Å²) in [6.07, 6.45) is -0.942. The first-order valence-corrected chi connectivity index (χ1v) is 10.3. The van der Waals surface area contributed by atoms with Crippen molar-refractivity contribution in [2.45, 2.75) is 17.9 Å². The predicted molar refractivity (Wildman–Crippen MR) is 103 cm³/mol. The van der Waals surface area contributed by atoms with E-state index in [1.165, 1.54) is 36.1 Å². The molecular formula is C19H20N2O7S. The van der Waals surface area contributed by atoms with Crippen molar-refractivity contribution in [1.29, 1.82) is 0 Å². The van der Waals surface area contributed by atoms with Crippen molar-refractivity contribution in [3.63, 3.8) is 0 Å². The highest BCUT2D eigenvalue weighted by atomic mass is 32.2. The number of para-hydroxylation sites is 2. The van der Waals surface area contributed by atoms with Crippen molar-refractivity contribution in [1.82, 2.24) is 0 Å². The maximum absolute atomic E-state index is 12.3. The van der Waals surface area contributed by atoms with Gasteiger partial charge in [-0.15, -0.1) is 0 Å². The molecule has 1 unspecified atom stereocenters. The third-order valence-corrected chi connectivity index (χ3v) is 5.09. The third kappa shape index (κ3) is 5.04. The Hall–Kier alpha value is -3.11. The van der Waals surface area contributed by atoms with Crippen LogP contribution in [0, 0.1) is 0 Å². The molecule has 2 aromatic rings. The second-order valence-corrected chi connectivity index (χ2v) is 7.80. The van der Waals surface area contributed by atoms with Crippen molar-refractivity contribution in [3.8, 4) is 11.5 Å². The van der Waals surface area contributed by atoms with E-state index >= 15 is 0 Å².